The molecule has 74 valence electrons. The van der Waals surface area contributed by atoms with E-state index < -0.39 is 23.2 Å². The summed E-state index contributed by atoms with van der Waals surface area (Å²) in [7, 11) is 1.17. The third kappa shape index (κ3) is 2.48. The van der Waals surface area contributed by atoms with Crippen molar-refractivity contribution >= 4 is 5.97 Å². The van der Waals surface area contributed by atoms with E-state index in [2.05, 4.69) is 4.74 Å². The number of carbonyl (C=O) groups is 1. The van der Waals surface area contributed by atoms with E-state index in [0.717, 1.165) is 12.1 Å². The number of hydrogen-bond acceptors (Lipinski definition) is 5. The van der Waals surface area contributed by atoms with E-state index in [1.807, 2.05) is 0 Å². The second-order valence-electron chi connectivity index (χ2n) is 2.35. The van der Waals surface area contributed by atoms with E-state index in [4.69, 9.17) is 15.3 Å². The number of hydrogen-bond donors (Lipinski definition) is 3. The minimum absolute atomic E-state index is 0. The number of aromatic hydroxyl groups is 3. The van der Waals surface area contributed by atoms with Crippen molar-refractivity contribution in [3.63, 3.8) is 0 Å². The van der Waals surface area contributed by atoms with Gasteiger partial charge in [0.05, 0.1) is 12.7 Å². The molecule has 5 nitrogen and oxygen atoms in total. The number of benzene rings is 1. The van der Waals surface area contributed by atoms with Crippen LogP contribution in [0.25, 0.3) is 0 Å². The maximum Gasteiger partial charge on any atom is 0.338 e. The second-order valence-corrected chi connectivity index (χ2v) is 2.35. The second kappa shape index (κ2) is 5.00. The van der Waals surface area contributed by atoms with E-state index in [-0.39, 0.29) is 31.8 Å². The van der Waals surface area contributed by atoms with Gasteiger partial charge in [0.25, 0.3) is 0 Å². The van der Waals surface area contributed by atoms with Crippen LogP contribution >= 0.6 is 0 Å². The van der Waals surface area contributed by atoms with Crippen molar-refractivity contribution < 1.29 is 51.1 Å². The molecule has 1 aromatic carbocycles. The van der Waals surface area contributed by atoms with Gasteiger partial charge in [-0.2, -0.15) is 0 Å². The molecule has 0 amide bonds. The van der Waals surface area contributed by atoms with Crippen LogP contribution in [-0.4, -0.2) is 28.4 Å². The summed E-state index contributed by atoms with van der Waals surface area (Å²) in [5.74, 6) is -2.50. The van der Waals surface area contributed by atoms with Crippen molar-refractivity contribution in [1.82, 2.24) is 0 Å². The van der Waals surface area contributed by atoms with Gasteiger partial charge in [-0.25, -0.2) is 4.79 Å². The molecule has 0 aromatic heterocycles. The molecule has 0 aliphatic rings. The molecule has 0 spiro atoms. The van der Waals surface area contributed by atoms with Crippen molar-refractivity contribution in [2.45, 2.75) is 0 Å². The van der Waals surface area contributed by atoms with Gasteiger partial charge >= 0.3 is 5.97 Å². The van der Waals surface area contributed by atoms with Gasteiger partial charge in [-0.05, 0) is 12.1 Å². The van der Waals surface area contributed by atoms with Gasteiger partial charge in [0.1, 0.15) is 0 Å². The number of phenolic OH excluding ortho intramolecular Hbond substituents is 3. The van der Waals surface area contributed by atoms with Crippen LogP contribution in [0.1, 0.15) is 10.4 Å². The van der Waals surface area contributed by atoms with Crippen molar-refractivity contribution in [2.75, 3.05) is 7.11 Å². The summed E-state index contributed by atoms with van der Waals surface area (Å²) in [4.78, 5) is 10.9. The molecule has 14 heavy (non-hydrogen) atoms. The first-order valence-electron chi connectivity index (χ1n) is 3.39. The van der Waals surface area contributed by atoms with Gasteiger partial charge in [0.2, 0.25) is 0 Å². The van der Waals surface area contributed by atoms with Gasteiger partial charge in [-0.15, -0.1) is 0 Å². The van der Waals surface area contributed by atoms with E-state index in [1.54, 1.807) is 0 Å². The third-order valence-corrected chi connectivity index (χ3v) is 1.49. The molecule has 0 aliphatic carbocycles. The van der Waals surface area contributed by atoms with Crippen LogP contribution in [0.4, 0.5) is 0 Å². The Morgan fingerprint density at radius 3 is 2.00 bits per heavy atom. The molecule has 1 aromatic rings. The number of methoxy groups -OCH3 is 1. The van der Waals surface area contributed by atoms with Crippen molar-refractivity contribution in [3.8, 4) is 17.2 Å². The molecule has 1 rings (SSSR count). The van der Waals surface area contributed by atoms with E-state index in [1.165, 1.54) is 7.11 Å². The molecular weight excluding hydrogens is 267 g/mol. The molecule has 0 saturated carbocycles. The Balaban J connectivity index is 0.00000169. The van der Waals surface area contributed by atoms with Crippen molar-refractivity contribution in [1.29, 1.82) is 0 Å². The summed E-state index contributed by atoms with van der Waals surface area (Å²) >= 11 is 0. The number of esters is 1. The molecule has 0 bridgehead atoms. The van der Waals surface area contributed by atoms with Gasteiger partial charge in [0, 0.05) is 26.2 Å². The molecule has 0 heterocycles. The summed E-state index contributed by atoms with van der Waals surface area (Å²) < 4.78 is 4.34. The average molecular weight is 275 g/mol. The third-order valence-electron chi connectivity index (χ3n) is 1.49. The molecule has 0 saturated heterocycles. The molecule has 0 aliphatic heterocycles. The fraction of sp³-hybridized carbons (Fsp3) is 0.125. The van der Waals surface area contributed by atoms with Crippen LogP contribution in [0.5, 0.6) is 17.2 Å². The first-order chi connectivity index (χ1) is 6.06. The molecule has 0 atom stereocenters. The van der Waals surface area contributed by atoms with E-state index in [9.17, 15) is 4.79 Å². The van der Waals surface area contributed by atoms with Gasteiger partial charge in [0.15, 0.2) is 17.2 Å². The number of carbonyl (C=O) groups excluding carboxylic acids is 1. The monoisotopic (exact) mass is 274 g/mol. The van der Waals surface area contributed by atoms with Gasteiger partial charge < -0.3 is 20.1 Å². The first-order valence-corrected chi connectivity index (χ1v) is 3.39. The van der Waals surface area contributed by atoms with Crippen LogP contribution in [-0.2, 0) is 30.9 Å². The summed E-state index contributed by atoms with van der Waals surface area (Å²) in [6.45, 7) is 0. The first kappa shape index (κ1) is 13.0. The van der Waals surface area contributed by atoms with E-state index >= 15 is 0 Å². The number of rotatable bonds is 1. The SMILES string of the molecule is COC(=O)c1cc(O)c(O)c(O)c1.[Zr]. The predicted molar refractivity (Wildman–Crippen MR) is 42.8 cm³/mol. The molecule has 0 fully saturated rings. The molecule has 6 heteroatoms. The summed E-state index contributed by atoms with van der Waals surface area (Å²) in [6.07, 6.45) is 0. The fourth-order valence-electron chi connectivity index (χ4n) is 0.840. The van der Waals surface area contributed by atoms with Gasteiger partial charge in [-0.3, -0.25) is 0 Å². The minimum Gasteiger partial charge on any atom is -0.504 e. The maximum absolute atomic E-state index is 10.9. The van der Waals surface area contributed by atoms with Crippen LogP contribution < -0.4 is 0 Å². The smallest absolute Gasteiger partial charge is 0.338 e. The van der Waals surface area contributed by atoms with Crippen LogP contribution in [0.15, 0.2) is 12.1 Å². The van der Waals surface area contributed by atoms with Crippen LogP contribution in [0.2, 0.25) is 0 Å². The number of phenols is 3. The van der Waals surface area contributed by atoms with Crippen molar-refractivity contribution in [2.24, 2.45) is 0 Å². The molecule has 0 unspecified atom stereocenters. The number of ether oxygens (including phenoxy) is 1. The summed E-state index contributed by atoms with van der Waals surface area (Å²) in [6, 6.07) is 2.00. The van der Waals surface area contributed by atoms with Crippen LogP contribution in [0, 0.1) is 0 Å². The zero-order valence-corrected chi connectivity index (χ0v) is 9.77. The van der Waals surface area contributed by atoms with Crippen molar-refractivity contribution in [3.05, 3.63) is 17.7 Å². The topological polar surface area (TPSA) is 87.0 Å². The Morgan fingerprint density at radius 1 is 1.21 bits per heavy atom. The van der Waals surface area contributed by atoms with Gasteiger partial charge in [-0.1, -0.05) is 0 Å². The molecular formula is C8H8O5Zr. The normalized spacial score (nSPS) is 8.93. The Labute approximate surface area is 99.1 Å². The summed E-state index contributed by atoms with van der Waals surface area (Å²) in [5, 5.41) is 26.9. The standard InChI is InChI=1S/C8H8O5.Zr/c1-13-8(12)4-2-5(9)7(11)6(10)3-4;/h2-3,9-11H,1H3;. The summed E-state index contributed by atoms with van der Waals surface area (Å²) in [5.41, 5.74) is -0.0321. The minimum atomic E-state index is -0.703. The quantitative estimate of drug-likeness (QED) is 0.516. The van der Waals surface area contributed by atoms with Crippen LogP contribution in [0.3, 0.4) is 0 Å². The largest absolute Gasteiger partial charge is 0.504 e. The predicted octanol–water partition coefficient (Wildman–Crippen LogP) is 0.587. The zero-order valence-electron chi connectivity index (χ0n) is 7.31. The maximum atomic E-state index is 10.9. The molecule has 0 radical (unpaired) electrons. The Morgan fingerprint density at radius 2 is 1.64 bits per heavy atom. The average Bonchev–Trinajstić information content (AvgIpc) is 2.12. The zero-order chi connectivity index (χ0) is 10.0. The Bertz CT molecular complexity index is 327. The van der Waals surface area contributed by atoms with E-state index in [0.29, 0.717) is 0 Å². The Hall–Kier alpha value is -1.03. The fourth-order valence-corrected chi connectivity index (χ4v) is 0.840. The Kier molecular flexibility index (Phi) is 4.64. The molecule has 3 N–H and O–H groups in total.